The minimum absolute atomic E-state index is 0.0165. The van der Waals surface area contributed by atoms with Crippen molar-refractivity contribution in [3.63, 3.8) is 0 Å². The van der Waals surface area contributed by atoms with E-state index >= 15 is 0 Å². The molecule has 1 heterocycles. The molecule has 12 nitrogen and oxygen atoms in total. The van der Waals surface area contributed by atoms with Crippen molar-refractivity contribution >= 4 is 29.5 Å². The quantitative estimate of drug-likeness (QED) is 0.390. The summed E-state index contributed by atoms with van der Waals surface area (Å²) in [6.07, 6.45) is 0.0905. The number of hydrogen-bond donors (Lipinski definition) is 3. The zero-order valence-corrected chi connectivity index (χ0v) is 18.8. The van der Waals surface area contributed by atoms with Gasteiger partial charge in [0.15, 0.2) is 0 Å². The molecule has 0 saturated carbocycles. The highest BCUT2D eigenvalue weighted by Crippen LogP contribution is 2.21. The van der Waals surface area contributed by atoms with Gasteiger partial charge in [0.2, 0.25) is 17.7 Å². The fourth-order valence-electron chi connectivity index (χ4n) is 3.41. The summed E-state index contributed by atoms with van der Waals surface area (Å²) >= 11 is 0. The van der Waals surface area contributed by atoms with Crippen molar-refractivity contribution in [2.75, 3.05) is 13.1 Å². The summed E-state index contributed by atoms with van der Waals surface area (Å²) in [5.41, 5.74) is 4.89. The first kappa shape index (κ1) is 25.7. The van der Waals surface area contributed by atoms with E-state index in [9.17, 15) is 29.3 Å². The molecule has 1 aromatic carbocycles. The number of amides is 4. The zero-order chi connectivity index (χ0) is 24.8. The molecule has 1 fully saturated rings. The summed E-state index contributed by atoms with van der Waals surface area (Å²) in [4.78, 5) is 61.4. The number of ether oxygens (including phenoxy) is 1. The van der Waals surface area contributed by atoms with E-state index in [-0.39, 0.29) is 25.2 Å². The lowest BCUT2D eigenvalue weighted by Gasteiger charge is -2.29. The van der Waals surface area contributed by atoms with E-state index in [0.29, 0.717) is 18.4 Å². The van der Waals surface area contributed by atoms with E-state index in [1.165, 1.54) is 29.2 Å². The van der Waals surface area contributed by atoms with Crippen LogP contribution >= 0.6 is 0 Å². The Morgan fingerprint density at radius 1 is 1.24 bits per heavy atom. The maximum absolute atomic E-state index is 13.4. The zero-order valence-electron chi connectivity index (χ0n) is 18.8. The van der Waals surface area contributed by atoms with Crippen LogP contribution in [0.2, 0.25) is 0 Å². The van der Waals surface area contributed by atoms with E-state index in [1.54, 1.807) is 20.8 Å². The van der Waals surface area contributed by atoms with Gasteiger partial charge in [0, 0.05) is 25.1 Å². The summed E-state index contributed by atoms with van der Waals surface area (Å²) in [7, 11) is 0. The van der Waals surface area contributed by atoms with E-state index in [1.807, 2.05) is 0 Å². The normalized spacial score (nSPS) is 16.6. The van der Waals surface area contributed by atoms with Crippen molar-refractivity contribution < 1.29 is 28.8 Å². The van der Waals surface area contributed by atoms with Crippen molar-refractivity contribution in [2.24, 2.45) is 5.73 Å². The van der Waals surface area contributed by atoms with Gasteiger partial charge >= 0.3 is 6.09 Å². The molecule has 12 heteroatoms. The number of imide groups is 1. The number of nitrogens with one attached hydrogen (secondary N) is 2. The van der Waals surface area contributed by atoms with Crippen molar-refractivity contribution in [2.45, 2.75) is 57.7 Å². The van der Waals surface area contributed by atoms with Crippen LogP contribution in [0.4, 0.5) is 10.5 Å². The number of benzene rings is 1. The van der Waals surface area contributed by atoms with Crippen LogP contribution in [0.5, 0.6) is 0 Å². The second-order valence-corrected chi connectivity index (χ2v) is 8.63. The first-order valence-corrected chi connectivity index (χ1v) is 10.5. The number of hydrogen-bond acceptors (Lipinski definition) is 8. The number of nitrogens with two attached hydrogens (primary N) is 1. The number of non-ortho nitro benzene ring substituents is 1. The number of nitro benzene ring substituents is 1. The maximum atomic E-state index is 13.4. The first-order valence-electron chi connectivity index (χ1n) is 10.5. The molecule has 0 radical (unpaired) electrons. The van der Waals surface area contributed by atoms with Gasteiger partial charge in [0.1, 0.15) is 17.7 Å². The molecule has 1 saturated heterocycles. The number of likely N-dealkylation sites (tertiary alicyclic amines) is 1. The van der Waals surface area contributed by atoms with Crippen LogP contribution in [-0.2, 0) is 25.5 Å². The maximum Gasteiger partial charge on any atom is 0.408 e. The minimum Gasteiger partial charge on any atom is -0.444 e. The highest BCUT2D eigenvalue weighted by atomic mass is 16.6. The Morgan fingerprint density at radius 3 is 2.42 bits per heavy atom. The second kappa shape index (κ2) is 10.9. The number of alkyl carbamates (subject to hydrolysis) is 1. The molecule has 4 N–H and O–H groups in total. The van der Waals surface area contributed by atoms with Crippen LogP contribution in [0, 0.1) is 10.1 Å². The molecule has 2 rings (SSSR count). The largest absolute Gasteiger partial charge is 0.444 e. The number of nitrogens with zero attached hydrogens (tertiary/aromatic N) is 2. The molecule has 33 heavy (non-hydrogen) atoms. The Morgan fingerprint density at radius 2 is 1.88 bits per heavy atom. The number of nitro groups is 1. The van der Waals surface area contributed by atoms with Gasteiger partial charge in [-0.2, -0.15) is 0 Å². The molecule has 2 atom stereocenters. The van der Waals surface area contributed by atoms with Gasteiger partial charge in [0.05, 0.1) is 11.5 Å². The van der Waals surface area contributed by atoms with Gasteiger partial charge in [-0.15, -0.1) is 0 Å². The van der Waals surface area contributed by atoms with Crippen molar-refractivity contribution in [3.8, 4) is 0 Å². The minimum atomic E-state index is -1.10. The highest BCUT2D eigenvalue weighted by Gasteiger charge is 2.38. The fraction of sp³-hybridized carbons (Fsp3) is 0.524. The van der Waals surface area contributed by atoms with Gasteiger partial charge < -0.3 is 20.7 Å². The molecule has 4 amide bonds. The fourth-order valence-corrected chi connectivity index (χ4v) is 3.41. The van der Waals surface area contributed by atoms with Crippen LogP contribution in [0.25, 0.3) is 0 Å². The number of carbonyl (C=O) groups excluding carboxylic acids is 4. The smallest absolute Gasteiger partial charge is 0.408 e. The monoisotopic (exact) mass is 463 g/mol. The van der Waals surface area contributed by atoms with Crippen molar-refractivity contribution in [1.29, 1.82) is 0 Å². The SMILES string of the molecule is CC(C)(C)OC(=O)N[C@@H](Cc1ccc([N+](=O)[O-])cc1)C(=O)N1CCC[C@H]1C(=O)NC(=O)CN. The van der Waals surface area contributed by atoms with Crippen molar-refractivity contribution in [1.82, 2.24) is 15.5 Å². The van der Waals surface area contributed by atoms with Crippen LogP contribution in [0.15, 0.2) is 24.3 Å². The third-order valence-corrected chi connectivity index (χ3v) is 4.86. The third kappa shape index (κ3) is 7.52. The van der Waals surface area contributed by atoms with Crippen LogP contribution in [0.3, 0.4) is 0 Å². The van der Waals surface area contributed by atoms with Crippen LogP contribution in [0.1, 0.15) is 39.2 Å². The molecular weight excluding hydrogens is 434 g/mol. The summed E-state index contributed by atoms with van der Waals surface area (Å²) in [5, 5.41) is 15.6. The van der Waals surface area contributed by atoms with Gasteiger partial charge in [-0.1, -0.05) is 12.1 Å². The second-order valence-electron chi connectivity index (χ2n) is 8.63. The lowest BCUT2D eigenvalue weighted by molar-refractivity contribution is -0.384. The van der Waals surface area contributed by atoms with Gasteiger partial charge in [0.25, 0.3) is 5.69 Å². The molecule has 1 aliphatic rings. The lowest BCUT2D eigenvalue weighted by atomic mass is 10.0. The van der Waals surface area contributed by atoms with Crippen LogP contribution < -0.4 is 16.4 Å². The van der Waals surface area contributed by atoms with E-state index in [4.69, 9.17) is 10.5 Å². The average molecular weight is 463 g/mol. The number of carbonyl (C=O) groups is 4. The topological polar surface area (TPSA) is 174 Å². The van der Waals surface area contributed by atoms with E-state index in [2.05, 4.69) is 10.6 Å². The van der Waals surface area contributed by atoms with Crippen LogP contribution in [-0.4, -0.2) is 64.4 Å². The highest BCUT2D eigenvalue weighted by molar-refractivity contribution is 6.00. The summed E-state index contributed by atoms with van der Waals surface area (Å²) in [5.74, 6) is -1.83. The molecule has 1 aromatic rings. The predicted molar refractivity (Wildman–Crippen MR) is 117 cm³/mol. The van der Waals surface area contributed by atoms with Gasteiger partial charge in [-0.05, 0) is 39.2 Å². The standard InChI is InChI=1S/C21H29N5O7/c1-21(2,3)33-20(30)23-15(11-13-6-8-14(9-7-13)26(31)32)19(29)25-10-4-5-16(25)18(28)24-17(27)12-22/h6-9,15-16H,4-5,10-12,22H2,1-3H3,(H,23,30)(H,24,27,28)/t15-,16-/m0/s1. The predicted octanol–water partition coefficient (Wildman–Crippen LogP) is 0.623. The van der Waals surface area contributed by atoms with Crippen molar-refractivity contribution in [3.05, 3.63) is 39.9 Å². The molecule has 0 unspecified atom stereocenters. The average Bonchev–Trinajstić information content (AvgIpc) is 3.21. The Labute approximate surface area is 191 Å². The Hall–Kier alpha value is -3.54. The summed E-state index contributed by atoms with van der Waals surface area (Å²) in [6.45, 7) is 4.93. The third-order valence-electron chi connectivity index (χ3n) is 4.86. The Balaban J connectivity index is 2.24. The first-order chi connectivity index (χ1) is 15.4. The lowest BCUT2D eigenvalue weighted by Crippen LogP contribution is -2.55. The number of rotatable bonds is 7. The molecule has 0 aromatic heterocycles. The van der Waals surface area contributed by atoms with E-state index < -0.39 is 46.4 Å². The molecular formula is C21H29N5O7. The van der Waals surface area contributed by atoms with E-state index in [0.717, 1.165) is 0 Å². The molecule has 0 aliphatic carbocycles. The van der Waals surface area contributed by atoms with Gasteiger partial charge in [-0.25, -0.2) is 4.79 Å². The molecule has 0 spiro atoms. The summed E-state index contributed by atoms with van der Waals surface area (Å²) in [6, 6.07) is 3.60. The Kier molecular flexibility index (Phi) is 8.46. The summed E-state index contributed by atoms with van der Waals surface area (Å²) < 4.78 is 5.26. The van der Waals surface area contributed by atoms with Gasteiger partial charge in [-0.3, -0.25) is 29.8 Å². The molecule has 180 valence electrons. The Bertz CT molecular complexity index is 911. The molecule has 0 bridgehead atoms. The molecule has 1 aliphatic heterocycles.